The minimum absolute atomic E-state index is 0.0575. The van der Waals surface area contributed by atoms with E-state index < -0.39 is 5.41 Å². The quantitative estimate of drug-likeness (QED) is 0.162. The highest BCUT2D eigenvalue weighted by Crippen LogP contribution is 2.51. The molecule has 4 nitrogen and oxygen atoms in total. The van der Waals surface area contributed by atoms with E-state index in [4.69, 9.17) is 9.15 Å². The summed E-state index contributed by atoms with van der Waals surface area (Å²) in [6.07, 6.45) is 6.03. The van der Waals surface area contributed by atoms with Gasteiger partial charge >= 0.3 is 0 Å². The first-order valence-corrected chi connectivity index (χ1v) is 21.9. The van der Waals surface area contributed by atoms with Crippen molar-refractivity contribution < 1.29 is 9.15 Å². The number of allylic oxidation sites excluding steroid dienone is 2. The molecule has 5 heteroatoms. The average molecular weight is 797 g/mol. The Bertz CT molecular complexity index is 3210. The number of furan rings is 1. The molecule has 1 aliphatic carbocycles. The first-order chi connectivity index (χ1) is 30.8. The van der Waals surface area contributed by atoms with Gasteiger partial charge < -0.3 is 19.0 Å². The lowest BCUT2D eigenvalue weighted by Crippen LogP contribution is -2.65. The summed E-state index contributed by atoms with van der Waals surface area (Å²) in [5.41, 5.74) is 18.6. The van der Waals surface area contributed by atoms with Gasteiger partial charge in [0.05, 0.1) is 23.1 Å². The van der Waals surface area contributed by atoms with E-state index >= 15 is 0 Å². The predicted molar refractivity (Wildman–Crippen MR) is 254 cm³/mol. The Balaban J connectivity index is 1.13. The van der Waals surface area contributed by atoms with Crippen LogP contribution in [-0.4, -0.2) is 6.71 Å². The standard InChI is InChI=1S/C57H41BN2O2/c1-4-17-40(18-5-1)57(41-19-6-2-7-20-41)45-32-30-39(44-23-14-16-38-34-35-61-56(38)44)36-48(45)58-47-33-31-43(60-49-25-10-12-28-53(49)62-54-29-13-11-26-50(54)60)37-52(47)59(42-21-8-3-9-22-42)51-27-15-24-46(57)55(51)58/h1-10,12,14-25,27-28,30-37H,11,13,26,29H2. The SMILES string of the molecule is c1ccc(N2c3cc(N4C5=C(CCCC5)Oc5ccccc54)ccc3B3c4cc(-c5cccc6ccoc56)ccc4C(c4ccccc4)(c4ccccc4)c4cccc2c43)cc1. The maximum absolute atomic E-state index is 6.61. The van der Waals surface area contributed by atoms with Gasteiger partial charge in [-0.05, 0) is 107 Å². The van der Waals surface area contributed by atoms with E-state index in [9.17, 15) is 0 Å². The Labute approximate surface area is 362 Å². The monoisotopic (exact) mass is 796 g/mol. The Morgan fingerprint density at radius 1 is 0.500 bits per heavy atom. The van der Waals surface area contributed by atoms with E-state index in [1.807, 2.05) is 0 Å². The van der Waals surface area contributed by atoms with Crippen LogP contribution in [0, 0.1) is 0 Å². The third kappa shape index (κ3) is 5.02. The molecule has 3 aliphatic heterocycles. The molecule has 8 aromatic carbocycles. The van der Waals surface area contributed by atoms with Gasteiger partial charge in [-0.15, -0.1) is 0 Å². The summed E-state index contributed by atoms with van der Waals surface area (Å²) >= 11 is 0. The molecule has 0 atom stereocenters. The molecule has 294 valence electrons. The van der Waals surface area contributed by atoms with Gasteiger partial charge in [-0.1, -0.05) is 151 Å². The molecule has 9 aromatic rings. The van der Waals surface area contributed by atoms with E-state index in [1.165, 1.54) is 55.7 Å². The number of hydrogen-bond donors (Lipinski definition) is 0. The van der Waals surface area contributed by atoms with Gasteiger partial charge in [0.25, 0.3) is 0 Å². The Morgan fingerprint density at radius 3 is 2.05 bits per heavy atom. The molecular weight excluding hydrogens is 755 g/mol. The molecule has 0 fully saturated rings. The second kappa shape index (κ2) is 13.8. The van der Waals surface area contributed by atoms with Gasteiger partial charge in [0.15, 0.2) is 5.75 Å². The Hall–Kier alpha value is -7.50. The van der Waals surface area contributed by atoms with Gasteiger partial charge in [0.1, 0.15) is 11.3 Å². The Morgan fingerprint density at radius 2 is 1.23 bits per heavy atom. The van der Waals surface area contributed by atoms with Crippen molar-refractivity contribution in [2.75, 3.05) is 9.80 Å². The highest BCUT2D eigenvalue weighted by Gasteiger charge is 2.51. The zero-order valence-corrected chi connectivity index (χ0v) is 34.2. The summed E-state index contributed by atoms with van der Waals surface area (Å²) in [5, 5.41) is 1.10. The van der Waals surface area contributed by atoms with Crippen molar-refractivity contribution in [2.45, 2.75) is 31.1 Å². The van der Waals surface area contributed by atoms with Crippen LogP contribution in [0.1, 0.15) is 47.9 Å². The smallest absolute Gasteiger partial charge is 0.247 e. The van der Waals surface area contributed by atoms with Crippen LogP contribution in [0.3, 0.4) is 0 Å². The summed E-state index contributed by atoms with van der Waals surface area (Å²) < 4.78 is 12.8. The number of rotatable bonds is 5. The molecule has 0 bridgehead atoms. The molecule has 4 heterocycles. The highest BCUT2D eigenvalue weighted by molar-refractivity contribution is 6.99. The van der Waals surface area contributed by atoms with Crippen LogP contribution in [0.25, 0.3) is 22.1 Å². The zero-order chi connectivity index (χ0) is 40.8. The van der Waals surface area contributed by atoms with Gasteiger partial charge in [-0.2, -0.15) is 0 Å². The molecule has 62 heavy (non-hydrogen) atoms. The third-order valence-corrected chi connectivity index (χ3v) is 13.8. The number of hydrogen-bond acceptors (Lipinski definition) is 4. The van der Waals surface area contributed by atoms with Crippen molar-refractivity contribution in [3.63, 3.8) is 0 Å². The molecule has 0 saturated carbocycles. The molecule has 0 radical (unpaired) electrons. The topological polar surface area (TPSA) is 28.9 Å². The molecule has 13 rings (SSSR count). The van der Waals surface area contributed by atoms with E-state index in [1.54, 1.807) is 6.26 Å². The lowest BCUT2D eigenvalue weighted by Gasteiger charge is -2.48. The van der Waals surface area contributed by atoms with E-state index in [2.05, 4.69) is 204 Å². The van der Waals surface area contributed by atoms with Gasteiger partial charge in [0.2, 0.25) is 6.71 Å². The fourth-order valence-corrected chi connectivity index (χ4v) is 11.3. The van der Waals surface area contributed by atoms with Crippen LogP contribution >= 0.6 is 0 Å². The number of benzene rings is 8. The number of nitrogens with zero attached hydrogens (tertiary/aromatic N) is 2. The molecule has 1 aromatic heterocycles. The van der Waals surface area contributed by atoms with Crippen LogP contribution < -0.4 is 30.9 Å². The largest absolute Gasteiger partial charge is 0.464 e. The normalized spacial score (nSPS) is 15.6. The zero-order valence-electron chi connectivity index (χ0n) is 34.2. The molecule has 0 saturated heterocycles. The van der Waals surface area contributed by atoms with Gasteiger partial charge in [-0.3, -0.25) is 0 Å². The third-order valence-electron chi connectivity index (χ3n) is 13.8. The summed E-state index contributed by atoms with van der Waals surface area (Å²) in [4.78, 5) is 5.01. The number of ether oxygens (including phenoxy) is 1. The van der Waals surface area contributed by atoms with Crippen LogP contribution in [0.15, 0.2) is 216 Å². The van der Waals surface area contributed by atoms with E-state index in [-0.39, 0.29) is 6.71 Å². The minimum Gasteiger partial charge on any atom is -0.464 e. The second-order valence-corrected chi connectivity index (χ2v) is 17.0. The van der Waals surface area contributed by atoms with Crippen molar-refractivity contribution in [3.8, 4) is 16.9 Å². The number of fused-ring (bicyclic) bond motifs is 6. The maximum Gasteiger partial charge on any atom is 0.247 e. The highest BCUT2D eigenvalue weighted by atomic mass is 16.5. The van der Waals surface area contributed by atoms with Gasteiger partial charge in [-0.25, -0.2) is 0 Å². The van der Waals surface area contributed by atoms with Crippen LogP contribution in [0.4, 0.5) is 28.4 Å². The lowest BCUT2D eigenvalue weighted by atomic mass is 9.29. The van der Waals surface area contributed by atoms with Crippen molar-refractivity contribution >= 4 is 62.5 Å². The van der Waals surface area contributed by atoms with Crippen LogP contribution in [-0.2, 0) is 5.41 Å². The minimum atomic E-state index is -0.601. The fraction of sp³-hybridized carbons (Fsp3) is 0.0877. The molecular formula is C57H41BN2O2. The summed E-state index contributed by atoms with van der Waals surface area (Å²) in [6, 6.07) is 71.8. The average Bonchev–Trinajstić information content (AvgIpc) is 3.83. The van der Waals surface area contributed by atoms with Crippen molar-refractivity contribution in [3.05, 3.63) is 234 Å². The molecule has 0 unspecified atom stereocenters. The van der Waals surface area contributed by atoms with Crippen molar-refractivity contribution in [1.29, 1.82) is 0 Å². The van der Waals surface area contributed by atoms with Crippen molar-refractivity contribution in [1.82, 2.24) is 0 Å². The second-order valence-electron chi connectivity index (χ2n) is 17.0. The van der Waals surface area contributed by atoms with E-state index in [0.717, 1.165) is 76.4 Å². The first-order valence-electron chi connectivity index (χ1n) is 21.9. The summed E-state index contributed by atoms with van der Waals surface area (Å²) in [7, 11) is 0. The molecule has 4 aliphatic rings. The predicted octanol–water partition coefficient (Wildman–Crippen LogP) is 12.4. The van der Waals surface area contributed by atoms with Crippen LogP contribution in [0.5, 0.6) is 5.75 Å². The summed E-state index contributed by atoms with van der Waals surface area (Å²) in [5.74, 6) is 2.01. The van der Waals surface area contributed by atoms with Gasteiger partial charge in [0, 0.05) is 40.1 Å². The van der Waals surface area contributed by atoms with E-state index in [0.29, 0.717) is 0 Å². The molecule has 0 N–H and O–H groups in total. The van der Waals surface area contributed by atoms with Crippen LogP contribution in [0.2, 0.25) is 0 Å². The molecule has 0 spiro atoms. The van der Waals surface area contributed by atoms with Crippen molar-refractivity contribution in [2.24, 2.45) is 0 Å². The maximum atomic E-state index is 6.61. The first kappa shape index (κ1) is 35.3. The Kier molecular flexibility index (Phi) is 7.83. The molecule has 0 amide bonds. The summed E-state index contributed by atoms with van der Waals surface area (Å²) in [6.45, 7) is -0.0575. The number of para-hydroxylation sites is 4. The number of anilines is 5. The lowest BCUT2D eigenvalue weighted by molar-refractivity contribution is 0.363. The fourth-order valence-electron chi connectivity index (χ4n) is 11.3.